The summed E-state index contributed by atoms with van der Waals surface area (Å²) in [5, 5.41) is 9.92. The molecule has 0 spiro atoms. The normalized spacial score (nSPS) is 11.0. The summed E-state index contributed by atoms with van der Waals surface area (Å²) >= 11 is 3.31. The van der Waals surface area contributed by atoms with Crippen molar-refractivity contribution in [3.8, 4) is 21.1 Å². The lowest BCUT2D eigenvalue weighted by Crippen LogP contribution is -1.90. The van der Waals surface area contributed by atoms with Crippen molar-refractivity contribution in [3.05, 3.63) is 83.9 Å². The highest BCUT2D eigenvalue weighted by Crippen LogP contribution is 2.37. The molecular weight excluding hydrogens is 382 g/mol. The maximum Gasteiger partial charge on any atom is 0.187 e. The largest absolute Gasteiger partial charge is 0.331 e. The van der Waals surface area contributed by atoms with Crippen molar-refractivity contribution in [3.63, 3.8) is 0 Å². The maximum absolute atomic E-state index is 4.83. The average molecular weight is 400 g/mol. The molecule has 3 nitrogen and oxygen atoms in total. The lowest BCUT2D eigenvalue weighted by atomic mass is 10.1. The van der Waals surface area contributed by atoms with Crippen molar-refractivity contribution in [1.29, 1.82) is 0 Å². The van der Waals surface area contributed by atoms with Gasteiger partial charge >= 0.3 is 0 Å². The van der Waals surface area contributed by atoms with Gasteiger partial charge in [-0.05, 0) is 18.4 Å². The summed E-state index contributed by atoms with van der Waals surface area (Å²) in [7, 11) is 0. The number of benzene rings is 3. The van der Waals surface area contributed by atoms with E-state index < -0.39 is 0 Å². The molecule has 136 valence electrons. The number of nitrogens with zero attached hydrogens (tertiary/aromatic N) is 2. The highest BCUT2D eigenvalue weighted by atomic mass is 32.1. The van der Waals surface area contributed by atoms with Crippen LogP contribution in [-0.4, -0.2) is 9.97 Å². The third-order valence-electron chi connectivity index (χ3n) is 4.59. The maximum atomic E-state index is 4.83. The van der Waals surface area contributed by atoms with Gasteiger partial charge in [0.1, 0.15) is 5.01 Å². The van der Waals surface area contributed by atoms with Crippen LogP contribution in [0.3, 0.4) is 0 Å². The van der Waals surface area contributed by atoms with Gasteiger partial charge < -0.3 is 5.32 Å². The number of anilines is 2. The molecule has 0 radical (unpaired) electrons. The number of rotatable bonds is 4. The van der Waals surface area contributed by atoms with Gasteiger partial charge in [-0.15, -0.1) is 22.7 Å². The lowest BCUT2D eigenvalue weighted by molar-refractivity contribution is 1.26. The lowest BCUT2D eigenvalue weighted by Gasteiger charge is -2.06. The molecule has 28 heavy (non-hydrogen) atoms. The molecule has 0 aliphatic carbocycles. The van der Waals surface area contributed by atoms with E-state index in [1.807, 2.05) is 18.2 Å². The summed E-state index contributed by atoms with van der Waals surface area (Å²) in [6.07, 6.45) is 0. The van der Waals surface area contributed by atoms with Gasteiger partial charge in [0.15, 0.2) is 5.13 Å². The van der Waals surface area contributed by atoms with Crippen molar-refractivity contribution in [2.45, 2.75) is 6.92 Å². The van der Waals surface area contributed by atoms with Crippen LogP contribution in [0.4, 0.5) is 10.8 Å². The van der Waals surface area contributed by atoms with Crippen molar-refractivity contribution in [2.24, 2.45) is 0 Å². The van der Waals surface area contributed by atoms with Gasteiger partial charge in [0.2, 0.25) is 0 Å². The fourth-order valence-electron chi connectivity index (χ4n) is 3.22. The number of thiazole rings is 2. The Kier molecular flexibility index (Phi) is 4.39. The fourth-order valence-corrected chi connectivity index (χ4v) is 5.04. The van der Waals surface area contributed by atoms with Crippen LogP contribution in [0.1, 0.15) is 5.69 Å². The van der Waals surface area contributed by atoms with Crippen molar-refractivity contribution < 1.29 is 0 Å². The van der Waals surface area contributed by atoms with Crippen LogP contribution in [0.2, 0.25) is 0 Å². The topological polar surface area (TPSA) is 37.8 Å². The van der Waals surface area contributed by atoms with E-state index in [0.717, 1.165) is 37.7 Å². The van der Waals surface area contributed by atoms with E-state index in [0.29, 0.717) is 0 Å². The third-order valence-corrected chi connectivity index (χ3v) is 6.57. The van der Waals surface area contributed by atoms with Gasteiger partial charge in [-0.2, -0.15) is 0 Å². The zero-order valence-electron chi connectivity index (χ0n) is 15.2. The number of hydrogen-bond acceptors (Lipinski definition) is 5. The Morgan fingerprint density at radius 2 is 1.61 bits per heavy atom. The molecule has 0 atom stereocenters. The zero-order chi connectivity index (χ0) is 18.9. The predicted octanol–water partition coefficient (Wildman–Crippen LogP) is 7.14. The number of aromatic nitrogens is 2. The second kappa shape index (κ2) is 7.19. The SMILES string of the molecule is Cc1nc(-c2ccccc2)sc1-c1csc(Nc2cccc3ccccc23)n1. The van der Waals surface area contributed by atoms with E-state index in [9.17, 15) is 0 Å². The van der Waals surface area contributed by atoms with Crippen LogP contribution in [0.5, 0.6) is 0 Å². The Balaban J connectivity index is 1.46. The standard InChI is InChI=1S/C23H17N3S2/c1-15-21(28-22(24-15)17-9-3-2-4-10-17)20-14-27-23(26-20)25-19-13-7-11-16-8-5-6-12-18(16)19/h2-14H,1H3,(H,25,26). The molecule has 1 N–H and O–H groups in total. The summed E-state index contributed by atoms with van der Waals surface area (Å²) in [5.74, 6) is 0. The monoisotopic (exact) mass is 399 g/mol. The molecule has 0 bridgehead atoms. The quantitative estimate of drug-likeness (QED) is 0.349. The number of hydrogen-bond donors (Lipinski definition) is 1. The molecule has 0 unspecified atom stereocenters. The van der Waals surface area contributed by atoms with E-state index in [-0.39, 0.29) is 0 Å². The van der Waals surface area contributed by atoms with E-state index in [1.54, 1.807) is 22.7 Å². The van der Waals surface area contributed by atoms with Gasteiger partial charge in [-0.1, -0.05) is 66.7 Å². The first-order valence-corrected chi connectivity index (χ1v) is 10.7. The third kappa shape index (κ3) is 3.19. The number of nitrogens with one attached hydrogen (secondary N) is 1. The van der Waals surface area contributed by atoms with E-state index >= 15 is 0 Å². The molecule has 2 heterocycles. The van der Waals surface area contributed by atoms with Crippen LogP contribution in [0, 0.1) is 6.92 Å². The average Bonchev–Trinajstić information content (AvgIpc) is 3.35. The molecular formula is C23H17N3S2. The minimum Gasteiger partial charge on any atom is -0.331 e. The van der Waals surface area contributed by atoms with Crippen molar-refractivity contribution in [2.75, 3.05) is 5.32 Å². The molecule has 0 saturated carbocycles. The Hall–Kier alpha value is -3.02. The van der Waals surface area contributed by atoms with Crippen LogP contribution >= 0.6 is 22.7 Å². The van der Waals surface area contributed by atoms with Crippen LogP contribution < -0.4 is 5.32 Å². The van der Waals surface area contributed by atoms with Gasteiger partial charge in [0.05, 0.1) is 16.3 Å². The molecule has 0 aliphatic rings. The second-order valence-electron chi connectivity index (χ2n) is 6.49. The zero-order valence-corrected chi connectivity index (χ0v) is 16.8. The molecule has 0 amide bonds. The van der Waals surface area contributed by atoms with Crippen LogP contribution in [-0.2, 0) is 0 Å². The van der Waals surface area contributed by atoms with Gasteiger partial charge in [0.25, 0.3) is 0 Å². The first kappa shape index (κ1) is 17.1. The summed E-state index contributed by atoms with van der Waals surface area (Å²) in [5.41, 5.74) is 4.21. The summed E-state index contributed by atoms with van der Waals surface area (Å²) in [6, 6.07) is 25.0. The van der Waals surface area contributed by atoms with E-state index in [1.165, 1.54) is 10.8 Å². The molecule has 0 fully saturated rings. The van der Waals surface area contributed by atoms with Crippen LogP contribution in [0.25, 0.3) is 31.9 Å². The van der Waals surface area contributed by atoms with E-state index in [4.69, 9.17) is 9.97 Å². The van der Waals surface area contributed by atoms with Crippen molar-refractivity contribution >= 4 is 44.3 Å². The summed E-state index contributed by atoms with van der Waals surface area (Å²) in [6.45, 7) is 2.05. The Morgan fingerprint density at radius 3 is 2.50 bits per heavy atom. The first-order chi connectivity index (χ1) is 13.8. The Bertz CT molecular complexity index is 1250. The molecule has 0 saturated heterocycles. The highest BCUT2D eigenvalue weighted by molar-refractivity contribution is 7.19. The smallest absolute Gasteiger partial charge is 0.187 e. The second-order valence-corrected chi connectivity index (χ2v) is 8.35. The highest BCUT2D eigenvalue weighted by Gasteiger charge is 2.14. The number of aryl methyl sites for hydroxylation is 1. The molecule has 5 rings (SSSR count). The molecule has 2 aromatic heterocycles. The molecule has 5 aromatic rings. The van der Waals surface area contributed by atoms with E-state index in [2.05, 4.69) is 72.2 Å². The minimum absolute atomic E-state index is 0.889. The van der Waals surface area contributed by atoms with Gasteiger partial charge in [-0.3, -0.25) is 0 Å². The number of fused-ring (bicyclic) bond motifs is 1. The fraction of sp³-hybridized carbons (Fsp3) is 0.0435. The Morgan fingerprint density at radius 1 is 0.821 bits per heavy atom. The summed E-state index contributed by atoms with van der Waals surface area (Å²) < 4.78 is 0. The molecule has 0 aliphatic heterocycles. The summed E-state index contributed by atoms with van der Waals surface area (Å²) in [4.78, 5) is 10.7. The van der Waals surface area contributed by atoms with Gasteiger partial charge in [0, 0.05) is 22.0 Å². The molecule has 5 heteroatoms. The van der Waals surface area contributed by atoms with Gasteiger partial charge in [-0.25, -0.2) is 9.97 Å². The minimum atomic E-state index is 0.889. The molecule has 3 aromatic carbocycles. The first-order valence-electron chi connectivity index (χ1n) is 9.01. The Labute approximate surface area is 171 Å². The predicted molar refractivity (Wildman–Crippen MR) is 121 cm³/mol. The van der Waals surface area contributed by atoms with Crippen LogP contribution in [0.15, 0.2) is 78.2 Å². The van der Waals surface area contributed by atoms with Crippen molar-refractivity contribution in [1.82, 2.24) is 9.97 Å².